The summed E-state index contributed by atoms with van der Waals surface area (Å²) in [5, 5.41) is 0. The lowest BCUT2D eigenvalue weighted by Gasteiger charge is -2.13. The maximum Gasteiger partial charge on any atom is 0.306 e. The average Bonchev–Trinajstić information content (AvgIpc) is 2.71. The number of aromatic amines is 1. The summed E-state index contributed by atoms with van der Waals surface area (Å²) in [7, 11) is -3.86. The molecule has 0 aliphatic carbocycles. The van der Waals surface area contributed by atoms with Gasteiger partial charge in [-0.05, 0) is 32.9 Å². The molecule has 114 valence electrons. The first kappa shape index (κ1) is 15.5. The van der Waals surface area contributed by atoms with E-state index in [2.05, 4.69) is 14.7 Å². The molecule has 9 heteroatoms. The van der Waals surface area contributed by atoms with Gasteiger partial charge in [-0.3, -0.25) is 9.52 Å². The van der Waals surface area contributed by atoms with Crippen LogP contribution in [0.2, 0.25) is 0 Å². The molecular formula is C12H15N3O4S2. The second-order valence-corrected chi connectivity index (χ2v) is 7.42. The van der Waals surface area contributed by atoms with Crippen molar-refractivity contribution in [2.75, 3.05) is 4.72 Å². The molecule has 2 aromatic rings. The molecule has 0 aliphatic heterocycles. The second kappa shape index (κ2) is 5.86. The molecule has 0 unspecified atom stereocenters. The number of H-pyrrole nitrogens is 1. The van der Waals surface area contributed by atoms with Gasteiger partial charge in [0, 0.05) is 11.9 Å². The predicted octanol–water partition coefficient (Wildman–Crippen LogP) is 1.73. The van der Waals surface area contributed by atoms with Crippen LogP contribution in [0.3, 0.4) is 0 Å². The standard InChI is InChI=1S/C12H15N3O4S2/c1-7(2)19-10-9(5-4-6-13-10)15-21(17,18)11-8(3)14-12(16)20-11/h4-7,15H,1-3H3,(H,14,16). The predicted molar refractivity (Wildman–Crippen MR) is 80.5 cm³/mol. The van der Waals surface area contributed by atoms with Crippen LogP contribution in [0, 0.1) is 6.92 Å². The van der Waals surface area contributed by atoms with Gasteiger partial charge in [0.15, 0.2) is 4.21 Å². The van der Waals surface area contributed by atoms with Crippen molar-refractivity contribution in [2.24, 2.45) is 0 Å². The molecule has 0 aliphatic rings. The SMILES string of the molecule is Cc1[nH]c(=O)sc1S(=O)(=O)Nc1cccnc1OC(C)C. The van der Waals surface area contributed by atoms with Crippen molar-refractivity contribution in [3.05, 3.63) is 33.7 Å². The molecule has 0 amide bonds. The summed E-state index contributed by atoms with van der Waals surface area (Å²) in [5.74, 6) is 0.191. The monoisotopic (exact) mass is 329 g/mol. The van der Waals surface area contributed by atoms with Crippen molar-refractivity contribution < 1.29 is 13.2 Å². The van der Waals surface area contributed by atoms with E-state index in [4.69, 9.17) is 4.74 Å². The quantitative estimate of drug-likeness (QED) is 0.870. The van der Waals surface area contributed by atoms with Gasteiger partial charge < -0.3 is 9.72 Å². The lowest BCUT2D eigenvalue weighted by molar-refractivity contribution is 0.234. The Hall–Kier alpha value is -1.87. The van der Waals surface area contributed by atoms with E-state index in [-0.39, 0.29) is 21.9 Å². The molecule has 0 fully saturated rings. The number of rotatable bonds is 5. The number of thiazole rings is 1. The van der Waals surface area contributed by atoms with Crippen LogP contribution < -0.4 is 14.3 Å². The first-order valence-electron chi connectivity index (χ1n) is 6.14. The van der Waals surface area contributed by atoms with Gasteiger partial charge >= 0.3 is 4.87 Å². The van der Waals surface area contributed by atoms with Crippen LogP contribution in [-0.4, -0.2) is 24.5 Å². The Kier molecular flexibility index (Phi) is 4.33. The molecule has 0 bridgehead atoms. The van der Waals surface area contributed by atoms with E-state index in [0.29, 0.717) is 17.0 Å². The van der Waals surface area contributed by atoms with Crippen LogP contribution in [-0.2, 0) is 10.0 Å². The summed E-state index contributed by atoms with van der Waals surface area (Å²) in [5.41, 5.74) is 0.527. The molecule has 0 saturated heterocycles. The summed E-state index contributed by atoms with van der Waals surface area (Å²) < 4.78 is 32.5. The Labute approximate surface area is 126 Å². The molecule has 0 saturated carbocycles. The minimum atomic E-state index is -3.86. The number of ether oxygens (including phenoxy) is 1. The molecule has 2 aromatic heterocycles. The Morgan fingerprint density at radius 2 is 2.14 bits per heavy atom. The minimum Gasteiger partial charge on any atom is -0.473 e. The van der Waals surface area contributed by atoms with Crippen molar-refractivity contribution in [1.29, 1.82) is 0 Å². The molecule has 2 rings (SSSR count). The molecule has 21 heavy (non-hydrogen) atoms. The lowest BCUT2D eigenvalue weighted by atomic mass is 10.4. The number of pyridine rings is 1. The van der Waals surface area contributed by atoms with Gasteiger partial charge in [0.2, 0.25) is 5.88 Å². The summed E-state index contributed by atoms with van der Waals surface area (Å²) in [6.45, 7) is 5.16. The van der Waals surface area contributed by atoms with Crippen LogP contribution >= 0.6 is 11.3 Å². The average molecular weight is 329 g/mol. The number of hydrogen-bond donors (Lipinski definition) is 2. The highest BCUT2D eigenvalue weighted by Gasteiger charge is 2.22. The van der Waals surface area contributed by atoms with Gasteiger partial charge in [-0.2, -0.15) is 0 Å². The number of hydrogen-bond acceptors (Lipinski definition) is 6. The summed E-state index contributed by atoms with van der Waals surface area (Å²) in [4.78, 5) is 17.3. The van der Waals surface area contributed by atoms with E-state index in [0.717, 1.165) is 0 Å². The summed E-state index contributed by atoms with van der Waals surface area (Å²) in [6.07, 6.45) is 1.36. The van der Waals surface area contributed by atoms with E-state index < -0.39 is 14.9 Å². The number of aromatic nitrogens is 2. The van der Waals surface area contributed by atoms with Crippen LogP contribution in [0.25, 0.3) is 0 Å². The highest BCUT2D eigenvalue weighted by molar-refractivity contribution is 7.94. The number of nitrogens with one attached hydrogen (secondary N) is 2. The second-order valence-electron chi connectivity index (χ2n) is 4.56. The highest BCUT2D eigenvalue weighted by Crippen LogP contribution is 2.26. The van der Waals surface area contributed by atoms with Crippen molar-refractivity contribution in [3.8, 4) is 5.88 Å². The van der Waals surface area contributed by atoms with Gasteiger partial charge in [0.1, 0.15) is 5.69 Å². The van der Waals surface area contributed by atoms with Gasteiger partial charge in [-0.1, -0.05) is 11.3 Å². The van der Waals surface area contributed by atoms with Gasteiger partial charge in [0.05, 0.1) is 6.10 Å². The fraction of sp³-hybridized carbons (Fsp3) is 0.333. The summed E-state index contributed by atoms with van der Waals surface area (Å²) in [6, 6.07) is 3.14. The molecule has 0 atom stereocenters. The van der Waals surface area contributed by atoms with Gasteiger partial charge in [-0.15, -0.1) is 0 Å². The minimum absolute atomic E-state index is 0.0492. The number of sulfonamides is 1. The third-order valence-electron chi connectivity index (χ3n) is 2.39. The topological polar surface area (TPSA) is 101 Å². The Morgan fingerprint density at radius 1 is 1.43 bits per heavy atom. The zero-order valence-electron chi connectivity index (χ0n) is 11.7. The third-order valence-corrected chi connectivity index (χ3v) is 5.36. The molecule has 0 radical (unpaired) electrons. The van der Waals surface area contributed by atoms with Crippen molar-refractivity contribution in [1.82, 2.24) is 9.97 Å². The van der Waals surface area contributed by atoms with Crippen LogP contribution in [0.5, 0.6) is 5.88 Å². The molecule has 0 aromatic carbocycles. The number of aryl methyl sites for hydroxylation is 1. The Balaban J connectivity index is 2.37. The normalized spacial score (nSPS) is 11.6. The summed E-state index contributed by atoms with van der Waals surface area (Å²) >= 11 is 0.638. The maximum absolute atomic E-state index is 12.3. The first-order chi connectivity index (χ1) is 9.79. The van der Waals surface area contributed by atoms with E-state index >= 15 is 0 Å². The van der Waals surface area contributed by atoms with Gasteiger partial charge in [0.25, 0.3) is 10.0 Å². The lowest BCUT2D eigenvalue weighted by Crippen LogP contribution is -2.15. The highest BCUT2D eigenvalue weighted by atomic mass is 32.2. The fourth-order valence-electron chi connectivity index (χ4n) is 1.62. The largest absolute Gasteiger partial charge is 0.473 e. The fourth-order valence-corrected chi connectivity index (χ4v) is 3.98. The zero-order valence-corrected chi connectivity index (χ0v) is 13.3. The smallest absolute Gasteiger partial charge is 0.306 e. The van der Waals surface area contributed by atoms with Crippen molar-refractivity contribution in [3.63, 3.8) is 0 Å². The third kappa shape index (κ3) is 3.61. The zero-order chi connectivity index (χ0) is 15.6. The molecular weight excluding hydrogens is 314 g/mol. The van der Waals surface area contributed by atoms with E-state index in [1.165, 1.54) is 13.1 Å². The molecule has 2 N–H and O–H groups in total. The van der Waals surface area contributed by atoms with E-state index in [1.807, 2.05) is 13.8 Å². The molecule has 0 spiro atoms. The van der Waals surface area contributed by atoms with Gasteiger partial charge in [-0.25, -0.2) is 13.4 Å². The van der Waals surface area contributed by atoms with Crippen LogP contribution in [0.4, 0.5) is 5.69 Å². The van der Waals surface area contributed by atoms with Crippen molar-refractivity contribution in [2.45, 2.75) is 31.1 Å². The Morgan fingerprint density at radius 3 is 2.71 bits per heavy atom. The van der Waals surface area contributed by atoms with E-state index in [1.54, 1.807) is 12.1 Å². The maximum atomic E-state index is 12.3. The number of anilines is 1. The van der Waals surface area contributed by atoms with Crippen molar-refractivity contribution >= 4 is 27.0 Å². The first-order valence-corrected chi connectivity index (χ1v) is 8.44. The number of nitrogens with zero attached hydrogens (tertiary/aromatic N) is 1. The molecule has 2 heterocycles. The Bertz CT molecular complexity index is 793. The van der Waals surface area contributed by atoms with Crippen LogP contribution in [0.15, 0.2) is 27.3 Å². The van der Waals surface area contributed by atoms with Crippen LogP contribution in [0.1, 0.15) is 19.5 Å². The van der Waals surface area contributed by atoms with E-state index in [9.17, 15) is 13.2 Å². The molecule has 7 nitrogen and oxygen atoms in total.